The number of hydrogen-bond donors (Lipinski definition) is 1. The van der Waals surface area contributed by atoms with Crippen LogP contribution in [0.5, 0.6) is 0 Å². The van der Waals surface area contributed by atoms with Crippen LogP contribution >= 0.6 is 0 Å². The molecule has 1 aliphatic heterocycles. The molecule has 1 heterocycles. The van der Waals surface area contributed by atoms with E-state index in [-0.39, 0.29) is 29.3 Å². The molecule has 2 saturated carbocycles. The summed E-state index contributed by atoms with van der Waals surface area (Å²) in [5, 5.41) is 9.43. The molecule has 0 spiro atoms. The molecule has 1 saturated heterocycles. The quantitative estimate of drug-likeness (QED) is 0.838. The van der Waals surface area contributed by atoms with Crippen molar-refractivity contribution in [3.8, 4) is 0 Å². The van der Waals surface area contributed by atoms with Crippen LogP contribution in [0.2, 0.25) is 0 Å². The van der Waals surface area contributed by atoms with Crippen LogP contribution in [0.1, 0.15) is 65.7 Å². The number of likely N-dealkylation sites (tertiary alicyclic amines) is 1. The molecule has 4 nitrogen and oxygen atoms in total. The average molecular weight is 360 g/mol. The zero-order valence-corrected chi connectivity index (χ0v) is 16.5. The van der Waals surface area contributed by atoms with E-state index in [2.05, 4.69) is 19.9 Å². The van der Waals surface area contributed by atoms with Gasteiger partial charge in [0, 0.05) is 30.0 Å². The van der Waals surface area contributed by atoms with E-state index in [9.17, 15) is 14.7 Å². The van der Waals surface area contributed by atoms with Gasteiger partial charge < -0.3 is 10.0 Å². The van der Waals surface area contributed by atoms with E-state index in [1.54, 1.807) is 6.92 Å². The van der Waals surface area contributed by atoms with E-state index in [1.165, 1.54) is 12.1 Å². The molecule has 0 bridgehead atoms. The van der Waals surface area contributed by atoms with Gasteiger partial charge >= 0.3 is 0 Å². The largest absolute Gasteiger partial charge is 0.395 e. The number of amides is 1. The number of piperidine rings is 1. The first-order valence-corrected chi connectivity index (χ1v) is 10.4. The minimum atomic E-state index is 0.0221. The number of rotatable bonds is 3. The van der Waals surface area contributed by atoms with Gasteiger partial charge in [-0.3, -0.25) is 9.59 Å². The number of β-amino-alcohol motifs (C(OH)–C–C–N with tert-alkyl or cyclic N) is 1. The average Bonchev–Trinajstić information content (AvgIpc) is 2.95. The number of fused-ring (bicyclic) bond motifs is 5. The highest BCUT2D eigenvalue weighted by Crippen LogP contribution is 2.66. The molecule has 1 amide bonds. The van der Waals surface area contributed by atoms with Crippen molar-refractivity contribution in [2.75, 3.05) is 13.2 Å². The molecule has 0 aromatic carbocycles. The fourth-order valence-electron chi connectivity index (χ4n) is 7.46. The number of aliphatic hydroxyl groups excluding tert-OH is 1. The summed E-state index contributed by atoms with van der Waals surface area (Å²) in [6.07, 6.45) is 9.39. The number of Topliss-reactive ketones (excluding diaryl/α,β-unsaturated/α-hetero) is 1. The molecule has 4 rings (SSSR count). The molecule has 3 aliphatic carbocycles. The Bertz CT molecular complexity index is 656. The summed E-state index contributed by atoms with van der Waals surface area (Å²) >= 11 is 0. The highest BCUT2D eigenvalue weighted by molar-refractivity contribution is 5.80. The molecule has 0 radical (unpaired) electrons. The number of carbonyl (C=O) groups is 2. The van der Waals surface area contributed by atoms with E-state index in [0.29, 0.717) is 36.5 Å². The lowest BCUT2D eigenvalue weighted by molar-refractivity contribution is -0.139. The minimum absolute atomic E-state index is 0.0221. The van der Waals surface area contributed by atoms with Gasteiger partial charge in [-0.2, -0.15) is 0 Å². The predicted octanol–water partition coefficient (Wildman–Crippen LogP) is 3.54. The van der Waals surface area contributed by atoms with E-state index < -0.39 is 0 Å². The van der Waals surface area contributed by atoms with Crippen molar-refractivity contribution < 1.29 is 14.7 Å². The third-order valence-corrected chi connectivity index (χ3v) is 8.69. The maximum atomic E-state index is 12.4. The van der Waals surface area contributed by atoms with Crippen molar-refractivity contribution in [3.63, 3.8) is 0 Å². The summed E-state index contributed by atoms with van der Waals surface area (Å²) in [5.41, 5.74) is 1.39. The summed E-state index contributed by atoms with van der Waals surface area (Å²) in [4.78, 5) is 26.5. The molecule has 144 valence electrons. The fraction of sp³-hybridized carbons (Fsp3) is 0.818. The Morgan fingerprint density at radius 3 is 2.69 bits per heavy atom. The smallest absolute Gasteiger partial charge is 0.226 e. The number of ketones is 1. The van der Waals surface area contributed by atoms with Gasteiger partial charge in [0.1, 0.15) is 5.78 Å². The lowest BCUT2D eigenvalue weighted by Gasteiger charge is -2.58. The molecule has 1 N–H and O–H groups in total. The summed E-state index contributed by atoms with van der Waals surface area (Å²) < 4.78 is 0. The van der Waals surface area contributed by atoms with Gasteiger partial charge in [-0.15, -0.1) is 0 Å². The van der Waals surface area contributed by atoms with E-state index in [4.69, 9.17) is 0 Å². The molecule has 4 heteroatoms. The van der Waals surface area contributed by atoms with E-state index >= 15 is 0 Å². The number of allylic oxidation sites excluding steroid dienone is 2. The molecule has 0 aromatic rings. The maximum Gasteiger partial charge on any atom is 0.226 e. The van der Waals surface area contributed by atoms with Crippen LogP contribution in [0.3, 0.4) is 0 Å². The van der Waals surface area contributed by atoms with Crippen molar-refractivity contribution in [1.82, 2.24) is 4.90 Å². The molecular formula is C22H33NO3. The number of aliphatic hydroxyl groups is 1. The highest BCUT2D eigenvalue weighted by atomic mass is 16.3. The van der Waals surface area contributed by atoms with Gasteiger partial charge in [0.25, 0.3) is 0 Å². The van der Waals surface area contributed by atoms with E-state index in [1.807, 2.05) is 4.90 Å². The van der Waals surface area contributed by atoms with Crippen molar-refractivity contribution in [2.24, 2.45) is 34.5 Å². The Morgan fingerprint density at radius 1 is 1.23 bits per heavy atom. The van der Waals surface area contributed by atoms with Crippen LogP contribution in [-0.4, -0.2) is 34.8 Å². The summed E-state index contributed by atoms with van der Waals surface area (Å²) in [7, 11) is 0. The van der Waals surface area contributed by atoms with Crippen molar-refractivity contribution in [3.05, 3.63) is 11.8 Å². The topological polar surface area (TPSA) is 57.6 Å². The van der Waals surface area contributed by atoms with Crippen LogP contribution in [-0.2, 0) is 9.59 Å². The van der Waals surface area contributed by atoms with Crippen LogP contribution in [0.4, 0.5) is 0 Å². The van der Waals surface area contributed by atoms with Crippen LogP contribution in [0, 0.1) is 34.5 Å². The molecule has 26 heavy (non-hydrogen) atoms. The van der Waals surface area contributed by atoms with Gasteiger partial charge in [-0.1, -0.05) is 19.9 Å². The molecule has 0 aromatic heterocycles. The second-order valence-electron chi connectivity index (χ2n) is 9.67. The van der Waals surface area contributed by atoms with Gasteiger partial charge in [0.2, 0.25) is 5.91 Å². The van der Waals surface area contributed by atoms with Crippen LogP contribution in [0.25, 0.3) is 0 Å². The molecule has 4 aliphatic rings. The third-order valence-electron chi connectivity index (χ3n) is 8.69. The number of carbonyl (C=O) groups excluding carboxylic acids is 2. The van der Waals surface area contributed by atoms with Gasteiger partial charge in [-0.05, 0) is 68.6 Å². The Labute approximate surface area is 157 Å². The van der Waals surface area contributed by atoms with Crippen LogP contribution < -0.4 is 0 Å². The Hall–Kier alpha value is -1.16. The van der Waals surface area contributed by atoms with Gasteiger partial charge in [0.15, 0.2) is 0 Å². The number of nitrogens with zero attached hydrogens (tertiary/aromatic N) is 1. The zero-order valence-electron chi connectivity index (χ0n) is 16.5. The van der Waals surface area contributed by atoms with Crippen molar-refractivity contribution in [2.45, 2.75) is 65.7 Å². The normalized spacial score (nSPS) is 44.8. The first-order valence-electron chi connectivity index (χ1n) is 10.4. The van der Waals surface area contributed by atoms with Gasteiger partial charge in [0.05, 0.1) is 6.61 Å². The summed E-state index contributed by atoms with van der Waals surface area (Å²) in [6.45, 7) is 6.95. The van der Waals surface area contributed by atoms with Gasteiger partial charge in [-0.25, -0.2) is 0 Å². The monoisotopic (exact) mass is 359 g/mol. The second-order valence-corrected chi connectivity index (χ2v) is 9.67. The Morgan fingerprint density at radius 2 is 2.00 bits per heavy atom. The third kappa shape index (κ3) is 2.37. The first-order chi connectivity index (χ1) is 12.3. The highest BCUT2D eigenvalue weighted by Gasteiger charge is 2.60. The SMILES string of the molecule is CC(=O)C1CCC2C3CC=C4N(CCO)C(=O)CC[C@]4(C)C3CC[C@]12C. The zero-order chi connectivity index (χ0) is 18.7. The summed E-state index contributed by atoms with van der Waals surface area (Å²) in [6, 6.07) is 0. The lowest BCUT2D eigenvalue weighted by Crippen LogP contribution is -2.54. The predicted molar refractivity (Wildman–Crippen MR) is 100 cm³/mol. The lowest BCUT2D eigenvalue weighted by atomic mass is 9.49. The Balaban J connectivity index is 1.68. The second kappa shape index (κ2) is 6.19. The molecular weight excluding hydrogens is 326 g/mol. The molecule has 3 fully saturated rings. The van der Waals surface area contributed by atoms with Crippen molar-refractivity contribution in [1.29, 1.82) is 0 Å². The maximum absolute atomic E-state index is 12.4. The number of hydrogen-bond acceptors (Lipinski definition) is 3. The van der Waals surface area contributed by atoms with E-state index in [0.717, 1.165) is 32.1 Å². The minimum Gasteiger partial charge on any atom is -0.395 e. The first kappa shape index (κ1) is 18.2. The standard InChI is InChI=1S/C22H33NO3/c1-14(25)16-5-6-17-15-4-7-19-22(3,18(15)8-10-21(16,17)2)11-9-20(26)23(19)12-13-24/h7,15-18,24H,4-6,8-13H2,1-3H3/t15?,16?,17?,18?,21-,22-/m1/s1. The summed E-state index contributed by atoms with van der Waals surface area (Å²) in [5.74, 6) is 2.65. The fourth-order valence-corrected chi connectivity index (χ4v) is 7.46. The van der Waals surface area contributed by atoms with Crippen molar-refractivity contribution >= 4 is 11.7 Å². The Kier molecular flexibility index (Phi) is 4.33. The molecule has 4 unspecified atom stereocenters. The van der Waals surface area contributed by atoms with Crippen LogP contribution in [0.15, 0.2) is 11.8 Å². The molecule has 6 atom stereocenters.